The van der Waals surface area contributed by atoms with E-state index in [1.54, 1.807) is 18.2 Å². The van der Waals surface area contributed by atoms with Gasteiger partial charge in [-0.3, -0.25) is 0 Å². The summed E-state index contributed by atoms with van der Waals surface area (Å²) in [7, 11) is 0. The van der Waals surface area contributed by atoms with Crippen LogP contribution in [0, 0.1) is 13.8 Å². The van der Waals surface area contributed by atoms with Gasteiger partial charge >= 0.3 is 0 Å². The Kier molecular flexibility index (Phi) is 5.95. The summed E-state index contributed by atoms with van der Waals surface area (Å²) >= 11 is 12.1. The number of ether oxygens (including phenoxy) is 4. The Labute approximate surface area is 174 Å². The van der Waals surface area contributed by atoms with E-state index in [-0.39, 0.29) is 12.7 Å². The number of benzene rings is 2. The number of rotatable bonds is 3. The molecule has 2 heterocycles. The van der Waals surface area contributed by atoms with Gasteiger partial charge in [0, 0.05) is 11.1 Å². The second kappa shape index (κ2) is 8.28. The van der Waals surface area contributed by atoms with Crippen LogP contribution in [0.2, 0.25) is 10.0 Å². The van der Waals surface area contributed by atoms with Gasteiger partial charge in [-0.15, -0.1) is 0 Å². The first-order chi connectivity index (χ1) is 13.5. The third-order valence-corrected chi connectivity index (χ3v) is 5.96. The van der Waals surface area contributed by atoms with E-state index in [0.717, 1.165) is 11.1 Å². The number of fused-ring (bicyclic) bond motifs is 1. The minimum absolute atomic E-state index is 0.192. The molecule has 1 N–H and O–H groups in total. The fraction of sp³-hybridized carbons (Fsp3) is 0.429. The van der Waals surface area contributed by atoms with E-state index in [2.05, 4.69) is 19.9 Å². The molecule has 0 radical (unpaired) electrons. The van der Waals surface area contributed by atoms with Crippen LogP contribution in [0.5, 0.6) is 0 Å². The molecular weight excluding hydrogens is 403 g/mol. The molecule has 2 aromatic rings. The molecule has 0 spiro atoms. The van der Waals surface area contributed by atoms with Crippen LogP contribution in [-0.2, 0) is 18.9 Å². The fourth-order valence-electron chi connectivity index (χ4n) is 3.47. The molecule has 2 saturated heterocycles. The van der Waals surface area contributed by atoms with Crippen molar-refractivity contribution in [2.24, 2.45) is 0 Å². The molecular formula is C21H22Cl2O5. The first kappa shape index (κ1) is 20.1. The molecule has 5 unspecified atom stereocenters. The summed E-state index contributed by atoms with van der Waals surface area (Å²) in [5.41, 5.74) is 4.04. The van der Waals surface area contributed by atoms with Crippen LogP contribution in [0.1, 0.15) is 34.8 Å². The van der Waals surface area contributed by atoms with Gasteiger partial charge in [0.1, 0.15) is 18.3 Å². The van der Waals surface area contributed by atoms with Gasteiger partial charge in [0.05, 0.1) is 23.3 Å². The summed E-state index contributed by atoms with van der Waals surface area (Å²) in [4.78, 5) is 0. The smallest absolute Gasteiger partial charge is 0.185 e. The quantitative estimate of drug-likeness (QED) is 0.785. The Morgan fingerprint density at radius 2 is 1.64 bits per heavy atom. The zero-order valence-electron chi connectivity index (χ0n) is 15.6. The molecule has 4 rings (SSSR count). The van der Waals surface area contributed by atoms with Gasteiger partial charge in [0.2, 0.25) is 0 Å². The van der Waals surface area contributed by atoms with E-state index in [4.69, 9.17) is 42.1 Å². The average molecular weight is 425 g/mol. The SMILES string of the molecule is Cc1ccc(C2OCC3OC(c4ccc(Cl)c(Cl)c4)OC(CO)C3O2)cc1C. The van der Waals surface area contributed by atoms with E-state index in [1.165, 1.54) is 11.1 Å². The van der Waals surface area contributed by atoms with E-state index in [0.29, 0.717) is 16.7 Å². The van der Waals surface area contributed by atoms with Gasteiger partial charge in [-0.2, -0.15) is 0 Å². The Balaban J connectivity index is 1.52. The Morgan fingerprint density at radius 1 is 0.893 bits per heavy atom. The van der Waals surface area contributed by atoms with Crippen LogP contribution in [-0.4, -0.2) is 36.6 Å². The molecule has 0 aliphatic carbocycles. The number of aryl methyl sites for hydroxylation is 2. The third-order valence-electron chi connectivity index (χ3n) is 5.22. The lowest BCUT2D eigenvalue weighted by atomic mass is 10.0. The van der Waals surface area contributed by atoms with Crippen molar-refractivity contribution in [1.29, 1.82) is 0 Å². The normalized spacial score (nSPS) is 30.1. The van der Waals surface area contributed by atoms with Crippen molar-refractivity contribution in [3.05, 3.63) is 68.7 Å². The van der Waals surface area contributed by atoms with Gasteiger partial charge in [-0.05, 0) is 37.1 Å². The summed E-state index contributed by atoms with van der Waals surface area (Å²) in [6.45, 7) is 4.25. The topological polar surface area (TPSA) is 57.2 Å². The third kappa shape index (κ3) is 3.94. The number of aliphatic hydroxyl groups excluding tert-OH is 1. The molecule has 0 amide bonds. The van der Waals surface area contributed by atoms with Crippen molar-refractivity contribution in [3.63, 3.8) is 0 Å². The van der Waals surface area contributed by atoms with E-state index in [9.17, 15) is 5.11 Å². The second-order valence-electron chi connectivity index (χ2n) is 7.15. The molecule has 2 aliphatic heterocycles. The lowest BCUT2D eigenvalue weighted by Gasteiger charge is -2.45. The Bertz CT molecular complexity index is 851. The van der Waals surface area contributed by atoms with E-state index in [1.807, 2.05) is 12.1 Å². The molecule has 150 valence electrons. The summed E-state index contributed by atoms with van der Waals surface area (Å²) in [5, 5.41) is 10.8. The molecule has 28 heavy (non-hydrogen) atoms. The molecule has 5 nitrogen and oxygen atoms in total. The molecule has 0 saturated carbocycles. The monoisotopic (exact) mass is 424 g/mol. The van der Waals surface area contributed by atoms with Gasteiger partial charge in [-0.1, -0.05) is 47.5 Å². The fourth-order valence-corrected chi connectivity index (χ4v) is 3.77. The van der Waals surface area contributed by atoms with Crippen LogP contribution in [0.3, 0.4) is 0 Å². The van der Waals surface area contributed by atoms with E-state index < -0.39 is 24.8 Å². The van der Waals surface area contributed by atoms with Crippen molar-refractivity contribution < 1.29 is 24.1 Å². The summed E-state index contributed by atoms with van der Waals surface area (Å²) in [5.74, 6) is 0. The molecule has 7 heteroatoms. The largest absolute Gasteiger partial charge is 0.394 e. The summed E-state index contributed by atoms with van der Waals surface area (Å²) in [6, 6.07) is 11.3. The lowest BCUT2D eigenvalue weighted by molar-refractivity contribution is -0.366. The summed E-state index contributed by atoms with van der Waals surface area (Å²) < 4.78 is 24.0. The van der Waals surface area contributed by atoms with Crippen molar-refractivity contribution in [1.82, 2.24) is 0 Å². The first-order valence-electron chi connectivity index (χ1n) is 9.17. The molecule has 2 aliphatic rings. The van der Waals surface area contributed by atoms with Gasteiger partial charge in [0.15, 0.2) is 12.6 Å². The zero-order valence-corrected chi connectivity index (χ0v) is 17.1. The zero-order chi connectivity index (χ0) is 19.8. The second-order valence-corrected chi connectivity index (χ2v) is 7.96. The highest BCUT2D eigenvalue weighted by atomic mass is 35.5. The molecule has 5 atom stereocenters. The first-order valence-corrected chi connectivity index (χ1v) is 9.93. The number of hydrogen-bond acceptors (Lipinski definition) is 5. The molecule has 0 aromatic heterocycles. The molecule has 0 bridgehead atoms. The predicted octanol–water partition coefficient (Wildman–Crippen LogP) is 4.50. The van der Waals surface area contributed by atoms with Gasteiger partial charge in [0.25, 0.3) is 0 Å². The van der Waals surface area contributed by atoms with Crippen LogP contribution < -0.4 is 0 Å². The van der Waals surface area contributed by atoms with Crippen molar-refractivity contribution >= 4 is 23.2 Å². The lowest BCUT2D eigenvalue weighted by Crippen LogP contribution is -2.55. The maximum Gasteiger partial charge on any atom is 0.185 e. The molecule has 2 fully saturated rings. The van der Waals surface area contributed by atoms with Crippen molar-refractivity contribution in [2.75, 3.05) is 13.2 Å². The maximum absolute atomic E-state index is 9.88. The predicted molar refractivity (Wildman–Crippen MR) is 106 cm³/mol. The van der Waals surface area contributed by atoms with Gasteiger partial charge < -0.3 is 24.1 Å². The number of halogens is 2. The highest BCUT2D eigenvalue weighted by molar-refractivity contribution is 6.42. The van der Waals surface area contributed by atoms with Crippen LogP contribution in [0.4, 0.5) is 0 Å². The molecule has 2 aromatic carbocycles. The highest BCUT2D eigenvalue weighted by Crippen LogP contribution is 2.39. The minimum Gasteiger partial charge on any atom is -0.394 e. The van der Waals surface area contributed by atoms with Gasteiger partial charge in [-0.25, -0.2) is 0 Å². The Morgan fingerprint density at radius 3 is 2.36 bits per heavy atom. The minimum atomic E-state index is -0.682. The number of hydrogen-bond donors (Lipinski definition) is 1. The van der Waals surface area contributed by atoms with Crippen LogP contribution >= 0.6 is 23.2 Å². The van der Waals surface area contributed by atoms with Crippen molar-refractivity contribution in [2.45, 2.75) is 44.7 Å². The maximum atomic E-state index is 9.88. The Hall–Kier alpha value is -1.18. The van der Waals surface area contributed by atoms with Crippen LogP contribution in [0.15, 0.2) is 36.4 Å². The van der Waals surface area contributed by atoms with E-state index >= 15 is 0 Å². The summed E-state index contributed by atoms with van der Waals surface area (Å²) in [6.07, 6.45) is -2.56. The van der Waals surface area contributed by atoms with Crippen LogP contribution in [0.25, 0.3) is 0 Å². The average Bonchev–Trinajstić information content (AvgIpc) is 2.70. The van der Waals surface area contributed by atoms with Crippen molar-refractivity contribution in [3.8, 4) is 0 Å². The standard InChI is InChI=1S/C21H22Cl2O5/c1-11-3-4-13(7-12(11)2)20-25-10-18-19(28-20)17(9-24)26-21(27-18)14-5-6-15(22)16(23)8-14/h3-8,17-21,24H,9-10H2,1-2H3. The highest BCUT2D eigenvalue weighted by Gasteiger charge is 2.45. The number of aliphatic hydroxyl groups is 1.